The number of nitrogens with zero attached hydrogens (tertiary/aromatic N) is 1. The highest BCUT2D eigenvalue weighted by atomic mass is 16.5. The van der Waals surface area contributed by atoms with Gasteiger partial charge in [0.05, 0.1) is 6.10 Å². The van der Waals surface area contributed by atoms with E-state index in [2.05, 4.69) is 18.9 Å². The highest BCUT2D eigenvalue weighted by Gasteiger charge is 2.48. The van der Waals surface area contributed by atoms with Gasteiger partial charge in [-0.1, -0.05) is 19.3 Å². The van der Waals surface area contributed by atoms with Crippen LogP contribution in [-0.2, 0) is 4.74 Å². The molecule has 2 aliphatic rings. The molecule has 0 aromatic rings. The zero-order valence-corrected chi connectivity index (χ0v) is 11.5. The van der Waals surface area contributed by atoms with E-state index in [9.17, 15) is 0 Å². The Morgan fingerprint density at radius 1 is 1.24 bits per heavy atom. The number of hydrogen-bond acceptors (Lipinski definition) is 3. The fourth-order valence-corrected chi connectivity index (χ4v) is 3.60. The smallest absolute Gasteiger partial charge is 0.0611 e. The van der Waals surface area contributed by atoms with Gasteiger partial charge in [0.2, 0.25) is 0 Å². The molecule has 100 valence electrons. The van der Waals surface area contributed by atoms with Crippen LogP contribution >= 0.6 is 0 Å². The van der Waals surface area contributed by atoms with Crippen molar-refractivity contribution in [3.8, 4) is 0 Å². The first-order valence-electron chi connectivity index (χ1n) is 7.26. The molecule has 0 aromatic heterocycles. The summed E-state index contributed by atoms with van der Waals surface area (Å²) in [7, 11) is 2.28. The van der Waals surface area contributed by atoms with Gasteiger partial charge in [0.25, 0.3) is 0 Å². The lowest BCUT2D eigenvalue weighted by atomic mass is 9.71. The fourth-order valence-electron chi connectivity index (χ4n) is 3.60. The third-order valence-corrected chi connectivity index (χ3v) is 4.87. The summed E-state index contributed by atoms with van der Waals surface area (Å²) in [5, 5.41) is 0. The SMILES string of the molecule is CCOC1CC(CN)(N(C)C2CCCCC2)C1. The van der Waals surface area contributed by atoms with Gasteiger partial charge < -0.3 is 10.5 Å². The molecule has 2 fully saturated rings. The van der Waals surface area contributed by atoms with Crippen molar-refractivity contribution in [1.82, 2.24) is 4.90 Å². The largest absolute Gasteiger partial charge is 0.378 e. The molecule has 0 spiro atoms. The molecule has 0 amide bonds. The standard InChI is InChI=1S/C14H28N2O/c1-3-17-13-9-14(10-13,11-15)16(2)12-7-5-4-6-8-12/h12-13H,3-11,15H2,1-2H3. The number of ether oxygens (including phenoxy) is 1. The Morgan fingerprint density at radius 3 is 2.41 bits per heavy atom. The lowest BCUT2D eigenvalue weighted by molar-refractivity contribution is -0.107. The van der Waals surface area contributed by atoms with Crippen LogP contribution in [0.3, 0.4) is 0 Å². The molecule has 0 aliphatic heterocycles. The van der Waals surface area contributed by atoms with E-state index in [1.807, 2.05) is 0 Å². The molecule has 3 nitrogen and oxygen atoms in total. The van der Waals surface area contributed by atoms with Gasteiger partial charge in [-0.3, -0.25) is 4.90 Å². The van der Waals surface area contributed by atoms with Gasteiger partial charge in [0.15, 0.2) is 0 Å². The minimum Gasteiger partial charge on any atom is -0.378 e. The molecule has 0 heterocycles. The Balaban J connectivity index is 1.89. The summed E-state index contributed by atoms with van der Waals surface area (Å²) in [5.74, 6) is 0. The lowest BCUT2D eigenvalue weighted by Gasteiger charge is -2.55. The third-order valence-electron chi connectivity index (χ3n) is 4.87. The molecule has 0 saturated heterocycles. The highest BCUT2D eigenvalue weighted by Crippen LogP contribution is 2.41. The minimum absolute atomic E-state index is 0.238. The average molecular weight is 240 g/mol. The average Bonchev–Trinajstić information content (AvgIpc) is 2.34. The van der Waals surface area contributed by atoms with Gasteiger partial charge in [-0.2, -0.15) is 0 Å². The first-order valence-corrected chi connectivity index (χ1v) is 7.26. The highest BCUT2D eigenvalue weighted by molar-refractivity contribution is 5.05. The van der Waals surface area contributed by atoms with Crippen molar-refractivity contribution < 1.29 is 4.74 Å². The van der Waals surface area contributed by atoms with E-state index in [1.165, 1.54) is 32.1 Å². The van der Waals surface area contributed by atoms with E-state index < -0.39 is 0 Å². The molecule has 2 saturated carbocycles. The minimum atomic E-state index is 0.238. The zero-order valence-electron chi connectivity index (χ0n) is 11.5. The summed E-state index contributed by atoms with van der Waals surface area (Å²) in [6, 6.07) is 0.759. The van der Waals surface area contributed by atoms with Crippen molar-refractivity contribution in [2.45, 2.75) is 69.6 Å². The first-order chi connectivity index (χ1) is 8.22. The molecule has 3 heteroatoms. The van der Waals surface area contributed by atoms with Gasteiger partial charge in [0.1, 0.15) is 0 Å². The molecular weight excluding hydrogens is 212 g/mol. The van der Waals surface area contributed by atoms with Crippen LogP contribution in [0, 0.1) is 0 Å². The van der Waals surface area contributed by atoms with Crippen molar-refractivity contribution in [1.29, 1.82) is 0 Å². The van der Waals surface area contributed by atoms with Crippen LogP contribution in [0.4, 0.5) is 0 Å². The van der Waals surface area contributed by atoms with E-state index in [1.54, 1.807) is 0 Å². The predicted molar refractivity (Wildman–Crippen MR) is 71.1 cm³/mol. The summed E-state index contributed by atoms with van der Waals surface area (Å²) in [4.78, 5) is 2.58. The maximum Gasteiger partial charge on any atom is 0.0611 e. The Hall–Kier alpha value is -0.120. The summed E-state index contributed by atoms with van der Waals surface area (Å²) >= 11 is 0. The van der Waals surface area contributed by atoms with E-state index >= 15 is 0 Å². The molecule has 0 atom stereocenters. The number of likely N-dealkylation sites (N-methyl/N-ethyl adjacent to an activating group) is 1. The molecular formula is C14H28N2O. The molecule has 2 N–H and O–H groups in total. The van der Waals surface area contributed by atoms with Gasteiger partial charge in [-0.05, 0) is 39.7 Å². The predicted octanol–water partition coefficient (Wildman–Crippen LogP) is 2.15. The summed E-state index contributed by atoms with van der Waals surface area (Å²) in [5.41, 5.74) is 6.28. The van der Waals surface area contributed by atoms with Crippen molar-refractivity contribution in [2.75, 3.05) is 20.2 Å². The van der Waals surface area contributed by atoms with Crippen LogP contribution in [0.2, 0.25) is 0 Å². The van der Waals surface area contributed by atoms with Crippen molar-refractivity contribution >= 4 is 0 Å². The van der Waals surface area contributed by atoms with Crippen LogP contribution in [-0.4, -0.2) is 42.8 Å². The number of rotatable bonds is 5. The lowest BCUT2D eigenvalue weighted by Crippen LogP contribution is -2.65. The van der Waals surface area contributed by atoms with Gasteiger partial charge in [-0.25, -0.2) is 0 Å². The number of nitrogens with two attached hydrogens (primary N) is 1. The quantitative estimate of drug-likeness (QED) is 0.800. The summed E-state index contributed by atoms with van der Waals surface area (Å²) in [6.45, 7) is 3.69. The van der Waals surface area contributed by atoms with Gasteiger partial charge >= 0.3 is 0 Å². The summed E-state index contributed by atoms with van der Waals surface area (Å²) < 4.78 is 5.69. The second-order valence-electron chi connectivity index (χ2n) is 5.82. The Kier molecular flexibility index (Phi) is 4.45. The van der Waals surface area contributed by atoms with E-state index in [0.29, 0.717) is 6.10 Å². The van der Waals surface area contributed by atoms with Crippen LogP contribution in [0.5, 0.6) is 0 Å². The van der Waals surface area contributed by atoms with Crippen LogP contribution in [0.1, 0.15) is 51.9 Å². The Labute approximate surface area is 106 Å². The molecule has 2 rings (SSSR count). The molecule has 0 bridgehead atoms. The molecule has 17 heavy (non-hydrogen) atoms. The summed E-state index contributed by atoms with van der Waals surface area (Å²) in [6.07, 6.45) is 9.63. The maximum atomic E-state index is 6.04. The van der Waals surface area contributed by atoms with Crippen molar-refractivity contribution in [3.05, 3.63) is 0 Å². The Morgan fingerprint density at radius 2 is 1.88 bits per heavy atom. The molecule has 0 radical (unpaired) electrons. The van der Waals surface area contributed by atoms with Crippen molar-refractivity contribution in [2.24, 2.45) is 5.73 Å². The number of hydrogen-bond donors (Lipinski definition) is 1. The van der Waals surface area contributed by atoms with Gasteiger partial charge in [-0.15, -0.1) is 0 Å². The second kappa shape index (κ2) is 5.68. The van der Waals surface area contributed by atoms with Crippen LogP contribution < -0.4 is 5.73 Å². The molecule has 0 unspecified atom stereocenters. The zero-order chi connectivity index (χ0) is 12.3. The molecule has 2 aliphatic carbocycles. The van der Waals surface area contributed by atoms with Crippen LogP contribution in [0.25, 0.3) is 0 Å². The topological polar surface area (TPSA) is 38.5 Å². The van der Waals surface area contributed by atoms with E-state index in [0.717, 1.165) is 32.0 Å². The molecule has 0 aromatic carbocycles. The van der Waals surface area contributed by atoms with E-state index in [-0.39, 0.29) is 5.54 Å². The second-order valence-corrected chi connectivity index (χ2v) is 5.82. The first kappa shape index (κ1) is 13.3. The maximum absolute atomic E-state index is 6.04. The van der Waals surface area contributed by atoms with Gasteiger partial charge in [0, 0.05) is 24.7 Å². The van der Waals surface area contributed by atoms with Crippen LogP contribution in [0.15, 0.2) is 0 Å². The van der Waals surface area contributed by atoms with E-state index in [4.69, 9.17) is 10.5 Å². The third kappa shape index (κ3) is 2.67. The van der Waals surface area contributed by atoms with Crippen molar-refractivity contribution in [3.63, 3.8) is 0 Å². The monoisotopic (exact) mass is 240 g/mol. The normalized spacial score (nSPS) is 34.9. The Bertz CT molecular complexity index is 232. The fraction of sp³-hybridized carbons (Fsp3) is 1.00.